The van der Waals surface area contributed by atoms with Gasteiger partial charge < -0.3 is 9.13 Å². The summed E-state index contributed by atoms with van der Waals surface area (Å²) < 4.78 is 4.55. The van der Waals surface area contributed by atoms with Crippen LogP contribution in [0.1, 0.15) is 5.56 Å². The normalized spacial score (nSPS) is 12.0. The van der Waals surface area contributed by atoms with Crippen molar-refractivity contribution in [2.75, 3.05) is 0 Å². The Bertz CT molecular complexity index is 3620. The van der Waals surface area contributed by atoms with Gasteiger partial charge in [0.05, 0.1) is 56.6 Å². The van der Waals surface area contributed by atoms with Crippen LogP contribution in [-0.2, 0) is 0 Å². The number of fused-ring (bicyclic) bond motifs is 6. The molecule has 0 saturated carbocycles. The summed E-state index contributed by atoms with van der Waals surface area (Å²) in [5, 5.41) is 22.5. The standard InChI is InChI=1S/C53H27N7/c1-55-51-43(30-12-4-2-5-13-30)37(28-54)52(59-41-22-10-18-35-47(41)48-36(19-11-23-42(48)59)50-49(35)57-26-27-58-50)44(31-14-6-3-7-15-31)53(51)60-39-20-8-16-33-32-24-25-56-29-38(32)34-17-9-21-40(60)46(34)45(33)39/h2-27,29H. The maximum Gasteiger partial charge on any atom is 0.220 e. The van der Waals surface area contributed by atoms with Gasteiger partial charge in [0.15, 0.2) is 0 Å². The first-order chi connectivity index (χ1) is 29.8. The summed E-state index contributed by atoms with van der Waals surface area (Å²) in [6.07, 6.45) is 7.30. The van der Waals surface area contributed by atoms with E-state index in [1.54, 1.807) is 12.4 Å². The first-order valence-corrected chi connectivity index (χ1v) is 19.8. The molecule has 0 N–H and O–H groups in total. The summed E-state index contributed by atoms with van der Waals surface area (Å²) in [4.78, 5) is 18.8. The SMILES string of the molecule is [C-]#[N+]c1c(-c2ccccc2)c(C#N)c(-n2c3cccc4c5nccnc5c5cccc2c5c43)c(-c2ccccc2)c1-n1c2cccc3c4ccncc4c4cccc1c4c32. The molecule has 0 aliphatic rings. The molecule has 0 spiro atoms. The monoisotopic (exact) mass is 761 g/mol. The lowest BCUT2D eigenvalue weighted by Gasteiger charge is -2.25. The number of benzene rings is 9. The average molecular weight is 762 g/mol. The molecule has 0 aliphatic heterocycles. The van der Waals surface area contributed by atoms with Crippen LogP contribution in [0.5, 0.6) is 0 Å². The molecule has 0 fully saturated rings. The summed E-state index contributed by atoms with van der Waals surface area (Å²) in [6.45, 7) is 9.15. The number of nitriles is 1. The van der Waals surface area contributed by atoms with E-state index in [0.717, 1.165) is 104 Å². The zero-order valence-corrected chi connectivity index (χ0v) is 31.7. The molecule has 0 unspecified atom stereocenters. The molecular weight excluding hydrogens is 735 g/mol. The molecule has 7 heteroatoms. The van der Waals surface area contributed by atoms with Gasteiger partial charge in [0.2, 0.25) is 5.69 Å². The molecule has 4 heterocycles. The number of rotatable bonds is 4. The zero-order chi connectivity index (χ0) is 39.6. The summed E-state index contributed by atoms with van der Waals surface area (Å²) in [7, 11) is 0. The molecule has 13 rings (SSSR count). The molecule has 60 heavy (non-hydrogen) atoms. The zero-order valence-electron chi connectivity index (χ0n) is 31.7. The van der Waals surface area contributed by atoms with Gasteiger partial charge in [0, 0.05) is 73.6 Å². The number of aromatic nitrogens is 5. The van der Waals surface area contributed by atoms with Gasteiger partial charge in [-0.3, -0.25) is 15.0 Å². The van der Waals surface area contributed by atoms with Gasteiger partial charge in [-0.25, -0.2) is 4.85 Å². The van der Waals surface area contributed by atoms with Crippen molar-refractivity contribution in [2.45, 2.75) is 0 Å². The lowest BCUT2D eigenvalue weighted by molar-refractivity contribution is 1.13. The molecule has 0 saturated heterocycles. The summed E-state index contributed by atoms with van der Waals surface area (Å²) in [5.74, 6) is 0. The van der Waals surface area contributed by atoms with Gasteiger partial charge in [0.1, 0.15) is 6.07 Å². The van der Waals surface area contributed by atoms with E-state index in [1.807, 2.05) is 60.9 Å². The van der Waals surface area contributed by atoms with E-state index in [2.05, 4.69) is 116 Å². The highest BCUT2D eigenvalue weighted by molar-refractivity contribution is 6.35. The Morgan fingerprint density at radius 1 is 0.467 bits per heavy atom. The third-order valence-corrected chi connectivity index (χ3v) is 12.5. The first-order valence-electron chi connectivity index (χ1n) is 19.8. The molecule has 0 amide bonds. The Morgan fingerprint density at radius 2 is 0.950 bits per heavy atom. The molecule has 0 bridgehead atoms. The van der Waals surface area contributed by atoms with Crippen molar-refractivity contribution in [3.8, 4) is 39.7 Å². The molecular formula is C53H27N7. The molecule has 7 nitrogen and oxygen atoms in total. The van der Waals surface area contributed by atoms with Crippen molar-refractivity contribution in [1.29, 1.82) is 5.26 Å². The average Bonchev–Trinajstić information content (AvgIpc) is 3.84. The predicted molar refractivity (Wildman–Crippen MR) is 243 cm³/mol. The van der Waals surface area contributed by atoms with E-state index in [-0.39, 0.29) is 0 Å². The predicted octanol–water partition coefficient (Wildman–Crippen LogP) is 13.3. The van der Waals surface area contributed by atoms with Crippen molar-refractivity contribution >= 4 is 92.6 Å². The van der Waals surface area contributed by atoms with Gasteiger partial charge in [-0.2, -0.15) is 5.26 Å². The molecule has 274 valence electrons. The van der Waals surface area contributed by atoms with Crippen molar-refractivity contribution in [1.82, 2.24) is 24.1 Å². The van der Waals surface area contributed by atoms with E-state index in [9.17, 15) is 5.26 Å². The third-order valence-electron chi connectivity index (χ3n) is 12.5. The Balaban J connectivity index is 1.33. The van der Waals surface area contributed by atoms with Gasteiger partial charge in [-0.15, -0.1) is 0 Å². The van der Waals surface area contributed by atoms with E-state index in [1.165, 1.54) is 0 Å². The Labute approximate surface area is 341 Å². The quantitative estimate of drug-likeness (QED) is 0.132. The first kappa shape index (κ1) is 32.4. The van der Waals surface area contributed by atoms with Crippen LogP contribution in [0.25, 0.3) is 125 Å². The Morgan fingerprint density at radius 3 is 1.48 bits per heavy atom. The van der Waals surface area contributed by atoms with Crippen LogP contribution in [-0.4, -0.2) is 24.1 Å². The van der Waals surface area contributed by atoms with Crippen LogP contribution in [0.2, 0.25) is 0 Å². The molecule has 0 atom stereocenters. The van der Waals surface area contributed by atoms with Crippen LogP contribution in [0.15, 0.2) is 164 Å². The fraction of sp³-hybridized carbons (Fsp3) is 0. The Hall–Kier alpha value is -8.65. The molecule has 0 aliphatic carbocycles. The lowest BCUT2D eigenvalue weighted by Crippen LogP contribution is -2.08. The highest BCUT2D eigenvalue weighted by Crippen LogP contribution is 2.54. The fourth-order valence-corrected chi connectivity index (χ4v) is 10.3. The largest absolute Gasteiger partial charge is 0.318 e. The molecule has 0 radical (unpaired) electrons. The minimum absolute atomic E-state index is 0.403. The Kier molecular flexibility index (Phi) is 6.45. The maximum absolute atomic E-state index is 11.7. The van der Waals surface area contributed by atoms with Crippen LogP contribution in [0, 0.1) is 17.9 Å². The van der Waals surface area contributed by atoms with Crippen molar-refractivity contribution < 1.29 is 0 Å². The topological polar surface area (TPSA) is 76.7 Å². The number of hydrogen-bond donors (Lipinski definition) is 0. The maximum atomic E-state index is 11.7. The second-order valence-corrected chi connectivity index (χ2v) is 15.3. The van der Waals surface area contributed by atoms with E-state index < -0.39 is 0 Å². The molecule has 9 aromatic carbocycles. The fourth-order valence-electron chi connectivity index (χ4n) is 10.3. The van der Waals surface area contributed by atoms with Gasteiger partial charge in [0.25, 0.3) is 0 Å². The van der Waals surface area contributed by atoms with Gasteiger partial charge >= 0.3 is 0 Å². The minimum atomic E-state index is 0.403. The van der Waals surface area contributed by atoms with Crippen molar-refractivity contribution in [2.24, 2.45) is 0 Å². The minimum Gasteiger partial charge on any atom is -0.318 e. The van der Waals surface area contributed by atoms with Crippen molar-refractivity contribution in [3.63, 3.8) is 0 Å². The smallest absolute Gasteiger partial charge is 0.220 e. The van der Waals surface area contributed by atoms with Crippen LogP contribution < -0.4 is 0 Å². The van der Waals surface area contributed by atoms with Crippen LogP contribution >= 0.6 is 0 Å². The summed E-state index contributed by atoms with van der Waals surface area (Å²) in [5.41, 5.74) is 10.8. The molecule has 13 aromatic rings. The lowest BCUT2D eigenvalue weighted by atomic mass is 9.88. The van der Waals surface area contributed by atoms with Gasteiger partial charge in [-0.05, 0) is 57.6 Å². The highest BCUT2D eigenvalue weighted by Gasteiger charge is 2.33. The second kappa shape index (κ2) is 11.9. The summed E-state index contributed by atoms with van der Waals surface area (Å²) >= 11 is 0. The number of pyridine rings is 1. The number of nitrogens with zero attached hydrogens (tertiary/aromatic N) is 7. The number of hydrogen-bond acceptors (Lipinski definition) is 4. The van der Waals surface area contributed by atoms with Gasteiger partial charge in [-0.1, -0.05) is 109 Å². The third kappa shape index (κ3) is 4.02. The van der Waals surface area contributed by atoms with Crippen LogP contribution in [0.4, 0.5) is 5.69 Å². The summed E-state index contributed by atoms with van der Waals surface area (Å²) in [6, 6.07) is 50.5. The van der Waals surface area contributed by atoms with E-state index in [0.29, 0.717) is 28.2 Å². The van der Waals surface area contributed by atoms with E-state index >= 15 is 0 Å². The molecule has 4 aromatic heterocycles. The van der Waals surface area contributed by atoms with E-state index in [4.69, 9.17) is 16.5 Å². The second-order valence-electron chi connectivity index (χ2n) is 15.3. The van der Waals surface area contributed by atoms with Crippen molar-refractivity contribution in [3.05, 3.63) is 181 Å². The van der Waals surface area contributed by atoms with Crippen LogP contribution in [0.3, 0.4) is 0 Å². The highest BCUT2D eigenvalue weighted by atomic mass is 15.0.